The summed E-state index contributed by atoms with van der Waals surface area (Å²) < 4.78 is 19.1. The smallest absolute Gasteiger partial charge is 0.193 e. The Morgan fingerprint density at radius 1 is 1.00 bits per heavy atom. The van der Waals surface area contributed by atoms with Crippen LogP contribution in [0.25, 0.3) is 27.8 Å². The van der Waals surface area contributed by atoms with Crippen molar-refractivity contribution in [2.75, 3.05) is 0 Å². The molecule has 1 atom stereocenters. The molecule has 5 aromatic heterocycles. The van der Waals surface area contributed by atoms with Crippen LogP contribution in [0.5, 0.6) is 0 Å². The molecule has 5 aromatic rings. The lowest BCUT2D eigenvalue weighted by Gasteiger charge is -2.05. The molecule has 0 spiro atoms. The van der Waals surface area contributed by atoms with Gasteiger partial charge in [-0.3, -0.25) is 14.1 Å². The number of imidazole rings is 1. The summed E-state index contributed by atoms with van der Waals surface area (Å²) in [5.41, 5.74) is 3.89. The van der Waals surface area contributed by atoms with Crippen molar-refractivity contribution in [1.82, 2.24) is 33.3 Å². The lowest BCUT2D eigenvalue weighted by molar-refractivity contribution is 0.668. The third-order valence-corrected chi connectivity index (χ3v) is 5.93. The first kappa shape index (κ1) is 16.3. The molecule has 0 aliphatic carbocycles. The summed E-state index contributed by atoms with van der Waals surface area (Å²) >= 11 is 3.44. The molecule has 8 nitrogen and oxygen atoms in total. The third kappa shape index (κ3) is 2.68. The fourth-order valence-corrected chi connectivity index (χ4v) is 4.33. The predicted octanol–water partition coefficient (Wildman–Crippen LogP) is 2.81. The van der Waals surface area contributed by atoms with Crippen molar-refractivity contribution >= 4 is 43.6 Å². The van der Waals surface area contributed by atoms with E-state index in [4.69, 9.17) is 0 Å². The summed E-state index contributed by atoms with van der Waals surface area (Å²) in [7, 11) is 0.282. The van der Waals surface area contributed by atoms with E-state index in [9.17, 15) is 4.21 Å². The number of hydrogen-bond acceptors (Lipinski definition) is 5. The molecule has 5 heterocycles. The molecular formula is C17H12BrN7OS. The lowest BCUT2D eigenvalue weighted by atomic mass is 10.1. The second kappa shape index (κ2) is 6.10. The Bertz CT molecular complexity index is 1340. The van der Waals surface area contributed by atoms with E-state index in [1.54, 1.807) is 33.9 Å². The average molecular weight is 442 g/mol. The molecule has 0 aromatic carbocycles. The molecule has 10 heteroatoms. The molecule has 5 rings (SSSR count). The normalized spacial score (nSPS) is 12.8. The molecule has 0 N–H and O–H groups in total. The molecule has 0 saturated heterocycles. The largest absolute Gasteiger partial charge is 0.290 e. The van der Waals surface area contributed by atoms with Gasteiger partial charge < -0.3 is 0 Å². The van der Waals surface area contributed by atoms with Gasteiger partial charge in [0.15, 0.2) is 16.0 Å². The first-order valence-electron chi connectivity index (χ1n) is 7.98. The van der Waals surface area contributed by atoms with Gasteiger partial charge in [0.2, 0.25) is 0 Å². The van der Waals surface area contributed by atoms with E-state index in [2.05, 4.69) is 36.1 Å². The third-order valence-electron chi connectivity index (χ3n) is 4.20. The van der Waals surface area contributed by atoms with Crippen molar-refractivity contribution in [2.45, 2.75) is 5.03 Å². The Labute approximate surface area is 164 Å². The van der Waals surface area contributed by atoms with Crippen molar-refractivity contribution in [1.29, 1.82) is 0 Å². The van der Waals surface area contributed by atoms with E-state index in [0.29, 0.717) is 21.7 Å². The number of nitrogens with zero attached hydrogens (tertiary/aromatic N) is 7. The SMILES string of the molecule is Cn1cc(-c2cnc3cnn(S(=O)c4cnc5ccc(Br)cn45)c3c2)cn1. The van der Waals surface area contributed by atoms with Gasteiger partial charge in [0.1, 0.15) is 16.7 Å². The van der Waals surface area contributed by atoms with Gasteiger partial charge in [-0.15, -0.1) is 0 Å². The van der Waals surface area contributed by atoms with Crippen LogP contribution in [0, 0.1) is 0 Å². The molecule has 1 unspecified atom stereocenters. The fraction of sp³-hybridized carbons (Fsp3) is 0.0588. The van der Waals surface area contributed by atoms with Crippen LogP contribution in [0.3, 0.4) is 0 Å². The van der Waals surface area contributed by atoms with Gasteiger partial charge in [-0.2, -0.15) is 14.3 Å². The number of halogens is 1. The Balaban J connectivity index is 1.65. The highest BCUT2D eigenvalue weighted by atomic mass is 79.9. The minimum absolute atomic E-state index is 0.531. The van der Waals surface area contributed by atoms with Crippen LogP contribution in [0.1, 0.15) is 0 Å². The van der Waals surface area contributed by atoms with Crippen LogP contribution in [-0.4, -0.2) is 37.5 Å². The molecule has 0 fully saturated rings. The van der Waals surface area contributed by atoms with Crippen LogP contribution in [-0.2, 0) is 18.0 Å². The lowest BCUT2D eigenvalue weighted by Crippen LogP contribution is -2.09. The zero-order chi connectivity index (χ0) is 18.5. The van der Waals surface area contributed by atoms with Crippen LogP contribution in [0.2, 0.25) is 0 Å². The van der Waals surface area contributed by atoms with Crippen molar-refractivity contribution in [2.24, 2.45) is 7.05 Å². The van der Waals surface area contributed by atoms with Crippen LogP contribution in [0.15, 0.2) is 64.9 Å². The number of aromatic nitrogens is 7. The number of fused-ring (bicyclic) bond motifs is 2. The number of hydrogen-bond donors (Lipinski definition) is 0. The van der Waals surface area contributed by atoms with Gasteiger partial charge >= 0.3 is 0 Å². The second-order valence-corrected chi connectivity index (χ2v) is 8.15. The number of pyridine rings is 2. The minimum Gasteiger partial charge on any atom is -0.290 e. The fourth-order valence-electron chi connectivity index (χ4n) is 2.90. The quantitative estimate of drug-likeness (QED) is 0.429. The average Bonchev–Trinajstić information content (AvgIpc) is 3.38. The van der Waals surface area contributed by atoms with E-state index in [0.717, 1.165) is 15.6 Å². The van der Waals surface area contributed by atoms with Crippen LogP contribution < -0.4 is 0 Å². The van der Waals surface area contributed by atoms with Gasteiger partial charge in [-0.25, -0.2) is 9.19 Å². The van der Waals surface area contributed by atoms with Gasteiger partial charge in [0.05, 0.1) is 18.6 Å². The summed E-state index contributed by atoms with van der Waals surface area (Å²) in [5.74, 6) is 0. The first-order valence-corrected chi connectivity index (χ1v) is 9.88. The van der Waals surface area contributed by atoms with E-state index in [-0.39, 0.29) is 0 Å². The summed E-state index contributed by atoms with van der Waals surface area (Å²) in [6.45, 7) is 0. The summed E-state index contributed by atoms with van der Waals surface area (Å²) in [6.07, 6.45) is 10.5. The summed E-state index contributed by atoms with van der Waals surface area (Å²) in [5, 5.41) is 9.02. The maximum atomic E-state index is 13.3. The predicted molar refractivity (Wildman–Crippen MR) is 104 cm³/mol. The molecule has 0 bridgehead atoms. The second-order valence-electron chi connectivity index (χ2n) is 5.97. The van der Waals surface area contributed by atoms with E-state index < -0.39 is 11.0 Å². The van der Waals surface area contributed by atoms with Crippen molar-refractivity contribution in [3.05, 3.63) is 59.9 Å². The maximum absolute atomic E-state index is 13.3. The summed E-state index contributed by atoms with van der Waals surface area (Å²) in [6, 6.07) is 5.67. The van der Waals surface area contributed by atoms with E-state index in [1.165, 1.54) is 4.09 Å². The molecule has 0 aliphatic rings. The highest BCUT2D eigenvalue weighted by Gasteiger charge is 2.17. The zero-order valence-electron chi connectivity index (χ0n) is 14.0. The molecule has 0 saturated carbocycles. The Hall–Kier alpha value is -2.85. The first-order chi connectivity index (χ1) is 13.1. The standard InChI is InChI=1S/C17H12BrN7OS/c1-23-9-12(6-21-23)11-4-15-14(19-5-11)7-22-25(15)27(26)17-8-20-16-3-2-13(18)10-24(16)17/h2-10H,1H3. The highest BCUT2D eigenvalue weighted by Crippen LogP contribution is 2.24. The number of aryl methyl sites for hydroxylation is 1. The van der Waals surface area contributed by atoms with Gasteiger partial charge in [0, 0.05) is 41.2 Å². The molecule has 0 aliphatic heterocycles. The molecule has 0 amide bonds. The minimum atomic E-state index is -1.58. The van der Waals surface area contributed by atoms with Crippen LogP contribution >= 0.6 is 15.9 Å². The van der Waals surface area contributed by atoms with Crippen molar-refractivity contribution < 1.29 is 4.21 Å². The van der Waals surface area contributed by atoms with Gasteiger partial charge in [0.25, 0.3) is 0 Å². The number of rotatable bonds is 3. The van der Waals surface area contributed by atoms with Crippen LogP contribution in [0.4, 0.5) is 0 Å². The highest BCUT2D eigenvalue weighted by molar-refractivity contribution is 9.10. The molecular weight excluding hydrogens is 430 g/mol. The van der Waals surface area contributed by atoms with Crippen molar-refractivity contribution in [3.63, 3.8) is 0 Å². The molecule has 27 heavy (non-hydrogen) atoms. The van der Waals surface area contributed by atoms with E-state index >= 15 is 0 Å². The topological polar surface area (TPSA) is 82.9 Å². The maximum Gasteiger partial charge on any atom is 0.193 e. The van der Waals surface area contributed by atoms with E-state index in [1.807, 2.05) is 37.6 Å². The Morgan fingerprint density at radius 3 is 2.70 bits per heavy atom. The molecule has 134 valence electrons. The monoisotopic (exact) mass is 441 g/mol. The Morgan fingerprint density at radius 2 is 1.89 bits per heavy atom. The molecule has 0 radical (unpaired) electrons. The van der Waals surface area contributed by atoms with Gasteiger partial charge in [-0.1, -0.05) is 0 Å². The zero-order valence-corrected chi connectivity index (χ0v) is 16.4. The van der Waals surface area contributed by atoms with Gasteiger partial charge in [-0.05, 0) is 34.1 Å². The van der Waals surface area contributed by atoms with Crippen molar-refractivity contribution in [3.8, 4) is 11.1 Å². The summed E-state index contributed by atoms with van der Waals surface area (Å²) in [4.78, 5) is 8.76. The Kier molecular flexibility index (Phi) is 3.69.